The number of hydrogen-bond acceptors (Lipinski definition) is 5. The fourth-order valence-corrected chi connectivity index (χ4v) is 4.59. The van der Waals surface area contributed by atoms with Crippen LogP contribution in [0.15, 0.2) is 45.7 Å². The lowest BCUT2D eigenvalue weighted by atomic mass is 10.1. The topological polar surface area (TPSA) is 81.2 Å². The summed E-state index contributed by atoms with van der Waals surface area (Å²) >= 11 is 3.45. The highest BCUT2D eigenvalue weighted by Crippen LogP contribution is 2.36. The molecule has 5 rings (SSSR count). The first-order chi connectivity index (χ1) is 15.1. The van der Waals surface area contributed by atoms with E-state index >= 15 is 0 Å². The molecule has 4 aromatic rings. The van der Waals surface area contributed by atoms with Crippen LogP contribution in [0, 0.1) is 0 Å². The summed E-state index contributed by atoms with van der Waals surface area (Å²) in [5.41, 5.74) is 2.07. The molecule has 8 heteroatoms. The summed E-state index contributed by atoms with van der Waals surface area (Å²) in [5, 5.41) is 8.20. The van der Waals surface area contributed by atoms with Gasteiger partial charge in [-0.05, 0) is 43.2 Å². The van der Waals surface area contributed by atoms with E-state index in [1.807, 2.05) is 36.4 Å². The van der Waals surface area contributed by atoms with Crippen LogP contribution in [0.4, 0.5) is 5.82 Å². The lowest BCUT2D eigenvalue weighted by Crippen LogP contribution is -2.19. The van der Waals surface area contributed by atoms with Crippen molar-refractivity contribution in [3.05, 3.63) is 51.2 Å². The third kappa shape index (κ3) is 3.44. The van der Waals surface area contributed by atoms with Gasteiger partial charge in [-0.2, -0.15) is 0 Å². The molecule has 0 amide bonds. The number of rotatable bonds is 5. The van der Waals surface area contributed by atoms with Gasteiger partial charge in [-0.1, -0.05) is 28.8 Å². The van der Waals surface area contributed by atoms with Gasteiger partial charge in [0.2, 0.25) is 0 Å². The Balaban J connectivity index is 1.80. The highest BCUT2D eigenvalue weighted by atomic mass is 79.9. The predicted octanol–water partition coefficient (Wildman–Crippen LogP) is 5.00. The van der Waals surface area contributed by atoms with E-state index in [-0.39, 0.29) is 5.56 Å². The lowest BCUT2D eigenvalue weighted by Gasteiger charge is -2.15. The molecule has 2 N–H and O–H groups in total. The van der Waals surface area contributed by atoms with Crippen molar-refractivity contribution >= 4 is 43.6 Å². The molecule has 0 radical (unpaired) electrons. The maximum atomic E-state index is 13.5. The van der Waals surface area contributed by atoms with Crippen LogP contribution in [0.2, 0.25) is 0 Å². The highest BCUT2D eigenvalue weighted by Gasteiger charge is 2.22. The molecule has 0 saturated heterocycles. The average Bonchev–Trinajstić information content (AvgIpc) is 3.41. The Hall–Kier alpha value is -3.00. The molecule has 0 atom stereocenters. The monoisotopic (exact) mass is 482 g/mol. The van der Waals surface area contributed by atoms with E-state index in [9.17, 15) is 4.79 Å². The molecule has 0 bridgehead atoms. The number of fused-ring (bicyclic) bond motifs is 3. The number of halogens is 1. The largest absolute Gasteiger partial charge is 0.493 e. The van der Waals surface area contributed by atoms with Crippen LogP contribution < -0.4 is 20.3 Å². The minimum absolute atomic E-state index is 0.137. The molecule has 1 aliphatic carbocycles. The van der Waals surface area contributed by atoms with Crippen LogP contribution in [0.1, 0.15) is 25.7 Å². The Bertz CT molecular complexity index is 1320. The number of nitrogens with zero attached hydrogens (tertiary/aromatic N) is 2. The van der Waals surface area contributed by atoms with Crippen LogP contribution in [0.25, 0.3) is 27.5 Å². The van der Waals surface area contributed by atoms with Gasteiger partial charge in [-0.15, -0.1) is 0 Å². The number of methoxy groups -OCH3 is 2. The van der Waals surface area contributed by atoms with Gasteiger partial charge in [0, 0.05) is 22.0 Å². The third-order valence-electron chi connectivity index (χ3n) is 5.91. The molecule has 1 aliphatic rings. The SMILES string of the molecule is COc1cc2nc(NC3CCCC3)c3c(=O)n(-c4ccc(Br)cc4)[nH]c3c2cc1OC. The fraction of sp³-hybridized carbons (Fsp3) is 0.304. The molecule has 7 nitrogen and oxygen atoms in total. The van der Waals surface area contributed by atoms with E-state index in [1.165, 1.54) is 12.8 Å². The fourth-order valence-electron chi connectivity index (χ4n) is 4.33. The number of H-pyrrole nitrogens is 1. The van der Waals surface area contributed by atoms with Crippen LogP contribution >= 0.6 is 15.9 Å². The van der Waals surface area contributed by atoms with E-state index in [0.717, 1.165) is 39.4 Å². The quantitative estimate of drug-likeness (QED) is 0.418. The van der Waals surface area contributed by atoms with E-state index in [1.54, 1.807) is 18.9 Å². The van der Waals surface area contributed by atoms with Gasteiger partial charge in [0.1, 0.15) is 11.2 Å². The molecule has 1 saturated carbocycles. The summed E-state index contributed by atoms with van der Waals surface area (Å²) in [6.45, 7) is 0. The van der Waals surface area contributed by atoms with Crippen molar-refractivity contribution in [2.24, 2.45) is 0 Å². The van der Waals surface area contributed by atoms with Crippen molar-refractivity contribution in [1.82, 2.24) is 14.8 Å². The van der Waals surface area contributed by atoms with Gasteiger partial charge in [0.25, 0.3) is 5.56 Å². The van der Waals surface area contributed by atoms with Gasteiger partial charge in [-0.25, -0.2) is 9.67 Å². The Kier molecular flexibility index (Phi) is 5.09. The van der Waals surface area contributed by atoms with Gasteiger partial charge in [-0.3, -0.25) is 9.89 Å². The molecule has 160 valence electrons. The summed E-state index contributed by atoms with van der Waals surface area (Å²) in [6, 6.07) is 11.6. The zero-order valence-electron chi connectivity index (χ0n) is 17.4. The molecule has 2 aromatic heterocycles. The molecule has 2 aromatic carbocycles. The number of ether oxygens (including phenoxy) is 2. The predicted molar refractivity (Wildman–Crippen MR) is 126 cm³/mol. The second-order valence-corrected chi connectivity index (χ2v) is 8.70. The molecule has 0 unspecified atom stereocenters. The van der Waals surface area contributed by atoms with Gasteiger partial charge >= 0.3 is 0 Å². The lowest BCUT2D eigenvalue weighted by molar-refractivity contribution is 0.356. The van der Waals surface area contributed by atoms with Crippen LogP contribution in [-0.4, -0.2) is 35.0 Å². The van der Waals surface area contributed by atoms with Gasteiger partial charge < -0.3 is 14.8 Å². The van der Waals surface area contributed by atoms with Gasteiger partial charge in [0.05, 0.1) is 30.9 Å². The van der Waals surface area contributed by atoms with E-state index in [2.05, 4.69) is 26.3 Å². The molecular formula is C23H23BrN4O3. The summed E-state index contributed by atoms with van der Waals surface area (Å²) in [4.78, 5) is 18.4. The number of anilines is 1. The molecule has 31 heavy (non-hydrogen) atoms. The average molecular weight is 483 g/mol. The normalized spacial score (nSPS) is 14.4. The number of pyridine rings is 1. The molecular weight excluding hydrogens is 460 g/mol. The molecule has 0 aliphatic heterocycles. The minimum Gasteiger partial charge on any atom is -0.493 e. The molecule has 2 heterocycles. The Labute approximate surface area is 187 Å². The molecule has 0 spiro atoms. The van der Waals surface area contributed by atoms with Crippen molar-refractivity contribution in [1.29, 1.82) is 0 Å². The van der Waals surface area contributed by atoms with E-state index in [0.29, 0.717) is 28.7 Å². The summed E-state index contributed by atoms with van der Waals surface area (Å²) in [7, 11) is 3.20. The van der Waals surface area contributed by atoms with Crippen molar-refractivity contribution in [3.8, 4) is 17.2 Å². The summed E-state index contributed by atoms with van der Waals surface area (Å²) < 4.78 is 13.5. The zero-order valence-corrected chi connectivity index (χ0v) is 19.0. The Morgan fingerprint density at radius 3 is 2.45 bits per heavy atom. The summed E-state index contributed by atoms with van der Waals surface area (Å²) in [6.07, 6.45) is 4.54. The standard InChI is InChI=1S/C23H23BrN4O3/c1-30-18-11-16-17(12-19(18)31-2)26-22(25-14-5-3-4-6-14)20-21(16)27-28(23(20)29)15-9-7-13(24)8-10-15/h7-12,14,27H,3-6H2,1-2H3,(H,25,26). The maximum Gasteiger partial charge on any atom is 0.282 e. The van der Waals surface area contributed by atoms with Crippen molar-refractivity contribution in [2.45, 2.75) is 31.7 Å². The third-order valence-corrected chi connectivity index (χ3v) is 6.44. The number of aromatic amines is 1. The number of hydrogen-bond donors (Lipinski definition) is 2. The van der Waals surface area contributed by atoms with E-state index in [4.69, 9.17) is 14.5 Å². The number of benzene rings is 2. The maximum absolute atomic E-state index is 13.5. The Morgan fingerprint density at radius 1 is 1.10 bits per heavy atom. The first-order valence-corrected chi connectivity index (χ1v) is 11.1. The second-order valence-electron chi connectivity index (χ2n) is 7.79. The zero-order chi connectivity index (χ0) is 21.5. The highest BCUT2D eigenvalue weighted by molar-refractivity contribution is 9.10. The number of aromatic nitrogens is 3. The van der Waals surface area contributed by atoms with Crippen LogP contribution in [-0.2, 0) is 0 Å². The second kappa shape index (κ2) is 7.92. The minimum atomic E-state index is -0.137. The van der Waals surface area contributed by atoms with Crippen LogP contribution in [0.3, 0.4) is 0 Å². The smallest absolute Gasteiger partial charge is 0.282 e. The number of nitrogens with one attached hydrogen (secondary N) is 2. The first-order valence-electron chi connectivity index (χ1n) is 10.3. The first kappa shape index (κ1) is 19.9. The Morgan fingerprint density at radius 2 is 1.77 bits per heavy atom. The van der Waals surface area contributed by atoms with Crippen molar-refractivity contribution in [3.63, 3.8) is 0 Å². The van der Waals surface area contributed by atoms with Crippen molar-refractivity contribution in [2.75, 3.05) is 19.5 Å². The molecule has 1 fully saturated rings. The van der Waals surface area contributed by atoms with Crippen molar-refractivity contribution < 1.29 is 9.47 Å². The van der Waals surface area contributed by atoms with Crippen LogP contribution in [0.5, 0.6) is 11.5 Å². The van der Waals surface area contributed by atoms with E-state index < -0.39 is 0 Å². The summed E-state index contributed by atoms with van der Waals surface area (Å²) in [5.74, 6) is 1.80. The van der Waals surface area contributed by atoms with Gasteiger partial charge in [0.15, 0.2) is 11.5 Å².